The first kappa shape index (κ1) is 21.5. The largest absolute Gasteiger partial charge is 0.495 e. The Labute approximate surface area is 167 Å². The van der Waals surface area contributed by atoms with Gasteiger partial charge in [0.1, 0.15) is 5.75 Å². The van der Waals surface area contributed by atoms with Crippen molar-refractivity contribution in [2.24, 2.45) is 0 Å². The number of hydrogen-bond donors (Lipinski definition) is 2. The molecule has 1 amide bonds. The van der Waals surface area contributed by atoms with Crippen molar-refractivity contribution in [3.05, 3.63) is 52.0 Å². The zero-order valence-corrected chi connectivity index (χ0v) is 16.9. The molecule has 146 valence electrons. The predicted molar refractivity (Wildman–Crippen MR) is 104 cm³/mol. The topological polar surface area (TPSA) is 93.7 Å². The second-order valence-electron chi connectivity index (χ2n) is 5.33. The molecule has 2 rings (SSSR count). The summed E-state index contributed by atoms with van der Waals surface area (Å²) in [5.41, 5.74) is 0.373. The Kier molecular flexibility index (Phi) is 7.46. The van der Waals surface area contributed by atoms with Gasteiger partial charge in [-0.1, -0.05) is 23.2 Å². The van der Waals surface area contributed by atoms with Gasteiger partial charge in [-0.25, -0.2) is 13.1 Å². The Bertz CT molecular complexity index is 935. The van der Waals surface area contributed by atoms with Crippen LogP contribution < -0.4 is 14.8 Å². The Morgan fingerprint density at radius 3 is 2.48 bits per heavy atom. The number of nitrogens with one attached hydrogen (secondary N) is 2. The number of carbonyl (C=O) groups is 1. The van der Waals surface area contributed by atoms with E-state index in [0.717, 1.165) is 0 Å². The Hall–Kier alpha value is -1.84. The third-order valence-corrected chi connectivity index (χ3v) is 5.51. The van der Waals surface area contributed by atoms with E-state index in [2.05, 4.69) is 10.0 Å². The van der Waals surface area contributed by atoms with Crippen LogP contribution >= 0.6 is 23.2 Å². The molecule has 0 unspecified atom stereocenters. The van der Waals surface area contributed by atoms with Crippen molar-refractivity contribution >= 4 is 44.8 Å². The van der Waals surface area contributed by atoms with Crippen LogP contribution in [0.1, 0.15) is 10.4 Å². The van der Waals surface area contributed by atoms with Crippen LogP contribution in [0.15, 0.2) is 41.3 Å². The van der Waals surface area contributed by atoms with Crippen LogP contribution in [0.25, 0.3) is 0 Å². The number of methoxy groups -OCH3 is 2. The lowest BCUT2D eigenvalue weighted by Gasteiger charge is -2.13. The maximum Gasteiger partial charge on any atom is 0.257 e. The molecule has 0 saturated carbocycles. The molecule has 10 heteroatoms. The van der Waals surface area contributed by atoms with Crippen LogP contribution in [0.2, 0.25) is 10.0 Å². The van der Waals surface area contributed by atoms with E-state index in [1.54, 1.807) is 0 Å². The van der Waals surface area contributed by atoms with Gasteiger partial charge in [-0.3, -0.25) is 4.79 Å². The highest BCUT2D eigenvalue weighted by Gasteiger charge is 2.18. The standard InChI is InChI=1S/C17H18Cl2N2O5S/c1-25-8-7-20-27(23,24)12-4-6-16(26-2)15(10-12)21-17(22)13-5-3-11(18)9-14(13)19/h3-6,9-10,20H,7-8H2,1-2H3,(H,21,22). The van der Waals surface area contributed by atoms with E-state index in [-0.39, 0.29) is 34.3 Å². The van der Waals surface area contributed by atoms with Gasteiger partial charge in [0.05, 0.1) is 34.9 Å². The number of sulfonamides is 1. The molecule has 0 aliphatic rings. The number of amides is 1. The highest BCUT2D eigenvalue weighted by molar-refractivity contribution is 7.89. The van der Waals surface area contributed by atoms with Crippen molar-refractivity contribution < 1.29 is 22.7 Å². The summed E-state index contributed by atoms with van der Waals surface area (Å²) in [5, 5.41) is 3.17. The molecule has 0 saturated heterocycles. The van der Waals surface area contributed by atoms with Gasteiger partial charge in [0, 0.05) is 18.7 Å². The normalized spacial score (nSPS) is 11.3. The van der Waals surface area contributed by atoms with Crippen LogP contribution in [0.5, 0.6) is 5.75 Å². The lowest BCUT2D eigenvalue weighted by molar-refractivity contribution is 0.102. The molecule has 0 aromatic heterocycles. The first-order valence-electron chi connectivity index (χ1n) is 7.71. The molecular weight excluding hydrogens is 415 g/mol. The number of anilines is 1. The molecule has 7 nitrogen and oxygen atoms in total. The Morgan fingerprint density at radius 2 is 1.85 bits per heavy atom. The van der Waals surface area contributed by atoms with Gasteiger partial charge in [0.2, 0.25) is 10.0 Å². The number of benzene rings is 2. The lowest BCUT2D eigenvalue weighted by Crippen LogP contribution is -2.27. The molecule has 0 radical (unpaired) electrons. The quantitative estimate of drug-likeness (QED) is 0.624. The SMILES string of the molecule is COCCNS(=O)(=O)c1ccc(OC)c(NC(=O)c2ccc(Cl)cc2Cl)c1. The predicted octanol–water partition coefficient (Wildman–Crippen LogP) is 3.18. The molecule has 0 aliphatic carbocycles. The molecule has 0 atom stereocenters. The first-order valence-corrected chi connectivity index (χ1v) is 9.95. The van der Waals surface area contributed by atoms with E-state index in [9.17, 15) is 13.2 Å². The molecule has 0 fully saturated rings. The van der Waals surface area contributed by atoms with Gasteiger partial charge in [0.15, 0.2) is 0 Å². The van der Waals surface area contributed by atoms with Gasteiger partial charge in [-0.05, 0) is 36.4 Å². The van der Waals surface area contributed by atoms with Crippen molar-refractivity contribution in [1.82, 2.24) is 4.72 Å². The maximum absolute atomic E-state index is 12.5. The van der Waals surface area contributed by atoms with Crippen LogP contribution in [-0.4, -0.2) is 41.7 Å². The van der Waals surface area contributed by atoms with Gasteiger partial charge >= 0.3 is 0 Å². The summed E-state index contributed by atoms with van der Waals surface area (Å²) in [6, 6.07) is 8.56. The summed E-state index contributed by atoms with van der Waals surface area (Å²) < 4.78 is 37.1. The second kappa shape index (κ2) is 9.38. The number of ether oxygens (including phenoxy) is 2. The maximum atomic E-state index is 12.5. The second-order valence-corrected chi connectivity index (χ2v) is 7.94. The fraction of sp³-hybridized carbons (Fsp3) is 0.235. The van der Waals surface area contributed by atoms with E-state index in [4.69, 9.17) is 32.7 Å². The average Bonchev–Trinajstić information content (AvgIpc) is 2.61. The molecule has 0 aliphatic heterocycles. The minimum atomic E-state index is -3.77. The number of halogens is 2. The van der Waals surface area contributed by atoms with Crippen LogP contribution in [0.3, 0.4) is 0 Å². The molecule has 2 aromatic carbocycles. The van der Waals surface area contributed by atoms with E-state index >= 15 is 0 Å². The fourth-order valence-corrected chi connectivity index (χ4v) is 3.71. The molecule has 0 spiro atoms. The third-order valence-electron chi connectivity index (χ3n) is 3.50. The van der Waals surface area contributed by atoms with Crippen LogP contribution in [0.4, 0.5) is 5.69 Å². The Balaban J connectivity index is 2.31. The third kappa shape index (κ3) is 5.57. The zero-order valence-electron chi connectivity index (χ0n) is 14.6. The summed E-state index contributed by atoms with van der Waals surface area (Å²) in [6.45, 7) is 0.348. The van der Waals surface area contributed by atoms with E-state index < -0.39 is 15.9 Å². The fourth-order valence-electron chi connectivity index (χ4n) is 2.18. The van der Waals surface area contributed by atoms with E-state index in [1.165, 1.54) is 50.6 Å². The highest BCUT2D eigenvalue weighted by atomic mass is 35.5. The molecule has 0 bridgehead atoms. The molecular formula is C17H18Cl2N2O5S. The monoisotopic (exact) mass is 432 g/mol. The van der Waals surface area contributed by atoms with Crippen molar-refractivity contribution in [2.75, 3.05) is 32.7 Å². The summed E-state index contributed by atoms with van der Waals surface area (Å²) in [5.74, 6) is -0.235. The highest BCUT2D eigenvalue weighted by Crippen LogP contribution is 2.29. The molecule has 27 heavy (non-hydrogen) atoms. The summed E-state index contributed by atoms with van der Waals surface area (Å²) >= 11 is 11.9. The Morgan fingerprint density at radius 1 is 1.11 bits per heavy atom. The van der Waals surface area contributed by atoms with Crippen molar-refractivity contribution in [3.63, 3.8) is 0 Å². The molecule has 2 N–H and O–H groups in total. The lowest BCUT2D eigenvalue weighted by atomic mass is 10.2. The van der Waals surface area contributed by atoms with Gasteiger partial charge < -0.3 is 14.8 Å². The smallest absolute Gasteiger partial charge is 0.257 e. The van der Waals surface area contributed by atoms with E-state index in [0.29, 0.717) is 10.8 Å². The molecule has 2 aromatic rings. The van der Waals surface area contributed by atoms with Crippen molar-refractivity contribution in [2.45, 2.75) is 4.90 Å². The van der Waals surface area contributed by atoms with Gasteiger partial charge in [-0.15, -0.1) is 0 Å². The van der Waals surface area contributed by atoms with Crippen LogP contribution in [0, 0.1) is 0 Å². The van der Waals surface area contributed by atoms with Crippen molar-refractivity contribution in [3.8, 4) is 5.75 Å². The summed E-state index contributed by atoms with van der Waals surface area (Å²) in [6.07, 6.45) is 0. The van der Waals surface area contributed by atoms with Gasteiger partial charge in [0.25, 0.3) is 5.91 Å². The van der Waals surface area contributed by atoms with Gasteiger partial charge in [-0.2, -0.15) is 0 Å². The number of carbonyl (C=O) groups excluding carboxylic acids is 1. The number of rotatable bonds is 8. The molecule has 0 heterocycles. The minimum Gasteiger partial charge on any atom is -0.495 e. The van der Waals surface area contributed by atoms with Crippen molar-refractivity contribution in [1.29, 1.82) is 0 Å². The zero-order chi connectivity index (χ0) is 20.0. The summed E-state index contributed by atoms with van der Waals surface area (Å²) in [4.78, 5) is 12.5. The average molecular weight is 433 g/mol. The summed E-state index contributed by atoms with van der Waals surface area (Å²) in [7, 11) is -0.897. The van der Waals surface area contributed by atoms with Crippen LogP contribution in [-0.2, 0) is 14.8 Å². The van der Waals surface area contributed by atoms with E-state index in [1.807, 2.05) is 0 Å². The first-order chi connectivity index (χ1) is 12.8. The minimum absolute atomic E-state index is 0.0306. The number of hydrogen-bond acceptors (Lipinski definition) is 5.